The van der Waals surface area contributed by atoms with E-state index in [9.17, 15) is 22.9 Å². The van der Waals surface area contributed by atoms with Crippen LogP contribution in [0.5, 0.6) is 0 Å². The fourth-order valence-corrected chi connectivity index (χ4v) is 2.60. The molecule has 0 amide bonds. The van der Waals surface area contributed by atoms with Crippen LogP contribution in [-0.2, 0) is 10.0 Å². The molecule has 0 aliphatic heterocycles. The third kappa shape index (κ3) is 3.31. The van der Waals surface area contributed by atoms with E-state index >= 15 is 0 Å². The number of pyridine rings is 1. The van der Waals surface area contributed by atoms with E-state index in [2.05, 4.69) is 9.71 Å². The zero-order chi connectivity index (χ0) is 15.6. The Kier molecular flexibility index (Phi) is 3.85. The maximum Gasteiger partial charge on any atom is 0.304 e. The summed E-state index contributed by atoms with van der Waals surface area (Å²) in [6.45, 7) is 1.75. The van der Waals surface area contributed by atoms with Crippen molar-refractivity contribution in [2.45, 2.75) is 11.8 Å². The van der Waals surface area contributed by atoms with Gasteiger partial charge in [-0.1, -0.05) is 0 Å². The SMILES string of the molecule is Cc1ccnc(NS(=O)(=O)c2ccc([N+](=O)[O-])c(F)c2)c1. The summed E-state index contributed by atoms with van der Waals surface area (Å²) in [5.41, 5.74) is 0.000195. The summed E-state index contributed by atoms with van der Waals surface area (Å²) >= 11 is 0. The number of hydrogen-bond acceptors (Lipinski definition) is 5. The molecule has 0 spiro atoms. The van der Waals surface area contributed by atoms with Crippen LogP contribution >= 0.6 is 0 Å². The third-order valence-corrected chi connectivity index (χ3v) is 3.93. The van der Waals surface area contributed by atoms with E-state index in [4.69, 9.17) is 0 Å². The lowest BCUT2D eigenvalue weighted by Gasteiger charge is -2.07. The summed E-state index contributed by atoms with van der Waals surface area (Å²) in [5.74, 6) is -1.14. The zero-order valence-corrected chi connectivity index (χ0v) is 11.6. The smallest absolute Gasteiger partial charge is 0.263 e. The minimum atomic E-state index is -4.07. The van der Waals surface area contributed by atoms with Crippen LogP contribution in [0.2, 0.25) is 0 Å². The van der Waals surface area contributed by atoms with Crippen LogP contribution in [0.15, 0.2) is 41.4 Å². The normalized spacial score (nSPS) is 11.1. The summed E-state index contributed by atoms with van der Waals surface area (Å²) in [4.78, 5) is 13.0. The molecule has 1 aromatic heterocycles. The highest BCUT2D eigenvalue weighted by Gasteiger charge is 2.21. The van der Waals surface area contributed by atoms with E-state index in [1.807, 2.05) is 0 Å². The number of nitro benzene ring substituents is 1. The van der Waals surface area contributed by atoms with E-state index in [0.717, 1.165) is 17.7 Å². The summed E-state index contributed by atoms with van der Waals surface area (Å²) in [7, 11) is -4.07. The Balaban J connectivity index is 2.36. The van der Waals surface area contributed by atoms with Gasteiger partial charge in [-0.05, 0) is 30.7 Å². The molecule has 0 aliphatic carbocycles. The van der Waals surface area contributed by atoms with Crippen molar-refractivity contribution < 1.29 is 17.7 Å². The molecular weight excluding hydrogens is 301 g/mol. The number of rotatable bonds is 4. The molecule has 0 bridgehead atoms. The molecule has 9 heteroatoms. The van der Waals surface area contributed by atoms with Crippen molar-refractivity contribution in [1.82, 2.24) is 4.98 Å². The van der Waals surface area contributed by atoms with Gasteiger partial charge in [0.1, 0.15) is 5.82 Å². The average Bonchev–Trinajstić information content (AvgIpc) is 2.37. The van der Waals surface area contributed by atoms with Gasteiger partial charge >= 0.3 is 5.69 Å². The monoisotopic (exact) mass is 311 g/mol. The van der Waals surface area contributed by atoms with Crippen LogP contribution in [0.25, 0.3) is 0 Å². The van der Waals surface area contributed by atoms with Gasteiger partial charge in [0.15, 0.2) is 0 Å². The second kappa shape index (κ2) is 5.44. The zero-order valence-electron chi connectivity index (χ0n) is 10.8. The molecule has 1 N–H and O–H groups in total. The van der Waals surface area contributed by atoms with Gasteiger partial charge in [-0.3, -0.25) is 14.8 Å². The maximum absolute atomic E-state index is 13.5. The average molecular weight is 311 g/mol. The largest absolute Gasteiger partial charge is 0.304 e. The van der Waals surface area contributed by atoms with Gasteiger partial charge in [0.25, 0.3) is 10.0 Å². The number of nitrogens with one attached hydrogen (secondary N) is 1. The molecule has 0 radical (unpaired) electrons. The molecule has 21 heavy (non-hydrogen) atoms. The van der Waals surface area contributed by atoms with Gasteiger partial charge < -0.3 is 0 Å². The van der Waals surface area contributed by atoms with Crippen molar-refractivity contribution >= 4 is 21.5 Å². The van der Waals surface area contributed by atoms with Crippen LogP contribution in [0.3, 0.4) is 0 Å². The van der Waals surface area contributed by atoms with Crippen LogP contribution in [0.4, 0.5) is 15.9 Å². The Morgan fingerprint density at radius 1 is 1.29 bits per heavy atom. The first-order chi connectivity index (χ1) is 9.79. The third-order valence-electron chi connectivity index (χ3n) is 2.58. The number of anilines is 1. The van der Waals surface area contributed by atoms with Crippen molar-refractivity contribution in [1.29, 1.82) is 0 Å². The number of aryl methyl sites for hydroxylation is 1. The first-order valence-corrected chi connectivity index (χ1v) is 7.17. The van der Waals surface area contributed by atoms with Crippen LogP contribution in [0.1, 0.15) is 5.56 Å². The lowest BCUT2D eigenvalue weighted by atomic mass is 10.3. The molecule has 0 saturated carbocycles. The second-order valence-electron chi connectivity index (χ2n) is 4.19. The van der Waals surface area contributed by atoms with Crippen molar-refractivity contribution in [3.63, 3.8) is 0 Å². The Morgan fingerprint density at radius 3 is 2.57 bits per heavy atom. The van der Waals surface area contributed by atoms with Gasteiger partial charge in [0.05, 0.1) is 9.82 Å². The summed E-state index contributed by atoms with van der Waals surface area (Å²) in [6, 6.07) is 5.53. The molecule has 0 saturated heterocycles. The second-order valence-corrected chi connectivity index (χ2v) is 5.88. The number of nitrogens with zero attached hydrogens (tertiary/aromatic N) is 2. The van der Waals surface area contributed by atoms with Gasteiger partial charge in [0, 0.05) is 18.3 Å². The van der Waals surface area contributed by atoms with Gasteiger partial charge in [-0.25, -0.2) is 13.4 Å². The molecule has 7 nitrogen and oxygen atoms in total. The molecule has 1 aromatic carbocycles. The van der Waals surface area contributed by atoms with Crippen molar-refractivity contribution in [2.24, 2.45) is 0 Å². The summed E-state index contributed by atoms with van der Waals surface area (Å²) in [5, 5.41) is 10.5. The van der Waals surface area contributed by atoms with Crippen molar-refractivity contribution in [2.75, 3.05) is 4.72 Å². The summed E-state index contributed by atoms with van der Waals surface area (Å²) < 4.78 is 39.8. The molecule has 110 valence electrons. The number of benzene rings is 1. The Labute approximate surface area is 119 Å². The van der Waals surface area contributed by atoms with E-state index < -0.39 is 31.3 Å². The van der Waals surface area contributed by atoms with E-state index in [1.54, 1.807) is 13.0 Å². The minimum absolute atomic E-state index is 0.0776. The number of aromatic nitrogens is 1. The number of halogens is 1. The topological polar surface area (TPSA) is 102 Å². The molecule has 1 heterocycles. The lowest BCUT2D eigenvalue weighted by molar-refractivity contribution is -0.387. The predicted octanol–water partition coefficient (Wildman–Crippen LogP) is 2.24. The van der Waals surface area contributed by atoms with E-state index in [-0.39, 0.29) is 5.82 Å². The number of sulfonamides is 1. The molecule has 0 unspecified atom stereocenters. The summed E-state index contributed by atoms with van der Waals surface area (Å²) in [6.07, 6.45) is 1.42. The lowest BCUT2D eigenvalue weighted by Crippen LogP contribution is -2.14. The van der Waals surface area contributed by atoms with Gasteiger partial charge in [-0.2, -0.15) is 4.39 Å². The predicted molar refractivity (Wildman–Crippen MR) is 72.8 cm³/mol. The number of hydrogen-bond donors (Lipinski definition) is 1. The number of nitro groups is 1. The first-order valence-electron chi connectivity index (χ1n) is 5.69. The van der Waals surface area contributed by atoms with E-state index in [0.29, 0.717) is 6.07 Å². The fraction of sp³-hybridized carbons (Fsp3) is 0.0833. The van der Waals surface area contributed by atoms with Gasteiger partial charge in [-0.15, -0.1) is 0 Å². The quantitative estimate of drug-likeness (QED) is 0.689. The Hall–Kier alpha value is -2.55. The Morgan fingerprint density at radius 2 is 2.00 bits per heavy atom. The highest BCUT2D eigenvalue weighted by atomic mass is 32.2. The molecule has 0 atom stereocenters. The fourth-order valence-electron chi connectivity index (χ4n) is 1.59. The molecular formula is C12H10FN3O4S. The first kappa shape index (κ1) is 14.9. The molecule has 0 aliphatic rings. The van der Waals surface area contributed by atoms with E-state index in [1.165, 1.54) is 12.3 Å². The highest BCUT2D eigenvalue weighted by Crippen LogP contribution is 2.22. The van der Waals surface area contributed by atoms with Crippen LogP contribution < -0.4 is 4.72 Å². The maximum atomic E-state index is 13.5. The minimum Gasteiger partial charge on any atom is -0.263 e. The highest BCUT2D eigenvalue weighted by molar-refractivity contribution is 7.92. The Bertz CT molecular complexity index is 808. The van der Waals surface area contributed by atoms with Crippen LogP contribution in [-0.4, -0.2) is 18.3 Å². The van der Waals surface area contributed by atoms with Gasteiger partial charge in [0.2, 0.25) is 5.82 Å². The standard InChI is InChI=1S/C12H10FN3O4S/c1-8-4-5-14-12(6-8)15-21(19,20)9-2-3-11(16(17)18)10(13)7-9/h2-7H,1H3,(H,14,15). The molecule has 0 fully saturated rings. The van der Waals surface area contributed by atoms with Crippen LogP contribution in [0, 0.1) is 22.9 Å². The van der Waals surface area contributed by atoms with Crippen molar-refractivity contribution in [3.8, 4) is 0 Å². The molecule has 2 rings (SSSR count). The van der Waals surface area contributed by atoms with Crippen molar-refractivity contribution in [3.05, 3.63) is 58.0 Å². The molecule has 2 aromatic rings.